The molecule has 0 aliphatic heterocycles. The lowest BCUT2D eigenvalue weighted by atomic mass is 10.2. The fourth-order valence-corrected chi connectivity index (χ4v) is 3.48. The fourth-order valence-electron chi connectivity index (χ4n) is 3.28. The van der Waals surface area contributed by atoms with Gasteiger partial charge in [0.1, 0.15) is 18.1 Å². The molecular formula is C27H23N3O5S. The van der Waals surface area contributed by atoms with Gasteiger partial charge >= 0.3 is 0 Å². The van der Waals surface area contributed by atoms with Gasteiger partial charge in [0, 0.05) is 11.3 Å². The summed E-state index contributed by atoms with van der Waals surface area (Å²) in [7, 11) is 1.50. The number of furan rings is 1. The molecule has 0 spiro atoms. The van der Waals surface area contributed by atoms with E-state index in [2.05, 4.69) is 16.0 Å². The summed E-state index contributed by atoms with van der Waals surface area (Å²) in [5.41, 5.74) is 2.35. The van der Waals surface area contributed by atoms with Crippen LogP contribution in [0, 0.1) is 0 Å². The van der Waals surface area contributed by atoms with E-state index in [1.54, 1.807) is 54.6 Å². The fraction of sp³-hybridized carbons (Fsp3) is 0.0741. The average molecular weight is 502 g/mol. The van der Waals surface area contributed by atoms with Crippen molar-refractivity contribution in [3.63, 3.8) is 0 Å². The predicted molar refractivity (Wildman–Crippen MR) is 141 cm³/mol. The van der Waals surface area contributed by atoms with Crippen LogP contribution in [0.1, 0.15) is 26.5 Å². The first kappa shape index (κ1) is 24.5. The van der Waals surface area contributed by atoms with Crippen molar-refractivity contribution >= 4 is 40.5 Å². The summed E-state index contributed by atoms with van der Waals surface area (Å²) < 4.78 is 16.3. The lowest BCUT2D eigenvalue weighted by Crippen LogP contribution is -2.34. The highest BCUT2D eigenvalue weighted by Crippen LogP contribution is 2.28. The molecular weight excluding hydrogens is 478 g/mol. The number of carbonyl (C=O) groups is 2. The number of hydrogen-bond acceptors (Lipinski definition) is 6. The maximum atomic E-state index is 12.8. The van der Waals surface area contributed by atoms with Crippen LogP contribution >= 0.6 is 12.2 Å². The van der Waals surface area contributed by atoms with Gasteiger partial charge in [0.05, 0.1) is 19.1 Å². The van der Waals surface area contributed by atoms with Crippen molar-refractivity contribution < 1.29 is 23.5 Å². The van der Waals surface area contributed by atoms with Gasteiger partial charge in [-0.1, -0.05) is 36.4 Å². The molecule has 2 amide bonds. The quantitative estimate of drug-likeness (QED) is 0.284. The Balaban J connectivity index is 1.38. The highest BCUT2D eigenvalue weighted by Gasteiger charge is 2.14. The number of ether oxygens (including phenoxy) is 2. The third-order valence-corrected chi connectivity index (χ3v) is 5.23. The van der Waals surface area contributed by atoms with Gasteiger partial charge in [-0.25, -0.2) is 0 Å². The van der Waals surface area contributed by atoms with Gasteiger partial charge in [-0.3, -0.25) is 14.9 Å². The molecule has 0 aliphatic rings. The van der Waals surface area contributed by atoms with Gasteiger partial charge in [0.2, 0.25) is 0 Å². The zero-order valence-corrected chi connectivity index (χ0v) is 20.1. The number of methoxy groups -OCH3 is 1. The first-order chi connectivity index (χ1) is 17.5. The van der Waals surface area contributed by atoms with Gasteiger partial charge in [0.25, 0.3) is 11.8 Å². The maximum absolute atomic E-state index is 12.8. The van der Waals surface area contributed by atoms with Gasteiger partial charge in [-0.05, 0) is 66.3 Å². The van der Waals surface area contributed by atoms with E-state index in [9.17, 15) is 9.59 Å². The van der Waals surface area contributed by atoms with E-state index in [-0.39, 0.29) is 10.9 Å². The Bertz CT molecular complexity index is 1360. The summed E-state index contributed by atoms with van der Waals surface area (Å²) in [5.74, 6) is 0.407. The molecule has 3 aromatic carbocycles. The van der Waals surface area contributed by atoms with Crippen LogP contribution in [0.15, 0.2) is 95.6 Å². The molecule has 182 valence electrons. The van der Waals surface area contributed by atoms with Gasteiger partial charge < -0.3 is 24.5 Å². The molecule has 8 nitrogen and oxygen atoms in total. The molecule has 0 radical (unpaired) electrons. The van der Waals surface area contributed by atoms with E-state index < -0.39 is 11.8 Å². The molecule has 9 heteroatoms. The second-order valence-electron chi connectivity index (χ2n) is 7.56. The van der Waals surface area contributed by atoms with Gasteiger partial charge in [0.15, 0.2) is 10.9 Å². The molecule has 0 saturated carbocycles. The normalized spacial score (nSPS) is 10.2. The number of nitrogens with one attached hydrogen (secondary N) is 3. The first-order valence-electron chi connectivity index (χ1n) is 10.9. The Morgan fingerprint density at radius 1 is 0.889 bits per heavy atom. The molecule has 0 aliphatic carbocycles. The molecule has 0 unspecified atom stereocenters. The van der Waals surface area contributed by atoms with E-state index in [1.807, 2.05) is 30.3 Å². The maximum Gasteiger partial charge on any atom is 0.291 e. The van der Waals surface area contributed by atoms with Crippen LogP contribution in [-0.2, 0) is 6.61 Å². The van der Waals surface area contributed by atoms with Crippen LogP contribution in [-0.4, -0.2) is 24.0 Å². The summed E-state index contributed by atoms with van der Waals surface area (Å²) in [6, 6.07) is 24.7. The van der Waals surface area contributed by atoms with Gasteiger partial charge in [-0.15, -0.1) is 0 Å². The molecule has 1 heterocycles. The van der Waals surface area contributed by atoms with Crippen molar-refractivity contribution in [2.45, 2.75) is 6.61 Å². The van der Waals surface area contributed by atoms with E-state index in [0.717, 1.165) is 5.56 Å². The van der Waals surface area contributed by atoms with Crippen molar-refractivity contribution in [2.75, 3.05) is 17.7 Å². The van der Waals surface area contributed by atoms with Crippen molar-refractivity contribution in [2.24, 2.45) is 0 Å². The number of amides is 2. The minimum absolute atomic E-state index is 0.0587. The molecule has 36 heavy (non-hydrogen) atoms. The number of thiocarbonyl (C=S) groups is 1. The lowest BCUT2D eigenvalue weighted by Gasteiger charge is -2.15. The second-order valence-corrected chi connectivity index (χ2v) is 7.97. The minimum atomic E-state index is -0.404. The number of benzene rings is 3. The highest BCUT2D eigenvalue weighted by molar-refractivity contribution is 7.80. The third kappa shape index (κ3) is 6.49. The van der Waals surface area contributed by atoms with Crippen LogP contribution in [0.25, 0.3) is 0 Å². The highest BCUT2D eigenvalue weighted by atomic mass is 32.1. The van der Waals surface area contributed by atoms with Crippen molar-refractivity contribution in [3.05, 3.63) is 108 Å². The monoisotopic (exact) mass is 501 g/mol. The summed E-state index contributed by atoms with van der Waals surface area (Å²) in [6.07, 6.45) is 1.42. The molecule has 0 bridgehead atoms. The molecule has 0 fully saturated rings. The number of rotatable bonds is 8. The standard InChI is InChI=1S/C27H23N3O5S/c1-33-23-13-12-20(28-26(32)24-11-6-14-34-24)16-22(23)29-27(36)30-25(31)19-9-5-10-21(15-19)35-17-18-7-3-2-4-8-18/h2-16H,17H2,1H3,(H,28,32)(H2,29,30,31,36). The van der Waals surface area contributed by atoms with E-state index in [1.165, 1.54) is 13.4 Å². The average Bonchev–Trinajstić information content (AvgIpc) is 3.44. The van der Waals surface area contributed by atoms with Crippen LogP contribution < -0.4 is 25.4 Å². The molecule has 3 N–H and O–H groups in total. The van der Waals surface area contributed by atoms with Crippen molar-refractivity contribution in [1.82, 2.24) is 5.32 Å². The Kier molecular flexibility index (Phi) is 7.94. The predicted octanol–water partition coefficient (Wildman–Crippen LogP) is 5.25. The largest absolute Gasteiger partial charge is 0.495 e. The lowest BCUT2D eigenvalue weighted by molar-refractivity contribution is 0.0974. The zero-order valence-electron chi connectivity index (χ0n) is 19.3. The smallest absolute Gasteiger partial charge is 0.291 e. The number of hydrogen-bond donors (Lipinski definition) is 3. The van der Waals surface area contributed by atoms with E-state index >= 15 is 0 Å². The van der Waals surface area contributed by atoms with Gasteiger partial charge in [-0.2, -0.15) is 0 Å². The van der Waals surface area contributed by atoms with Crippen LogP contribution in [0.2, 0.25) is 0 Å². The Morgan fingerprint density at radius 2 is 1.72 bits per heavy atom. The third-order valence-electron chi connectivity index (χ3n) is 5.02. The molecule has 0 saturated heterocycles. The summed E-state index contributed by atoms with van der Waals surface area (Å²) in [6.45, 7) is 0.387. The second kappa shape index (κ2) is 11.7. The SMILES string of the molecule is COc1ccc(NC(=O)c2ccco2)cc1NC(=S)NC(=O)c1cccc(OCc2ccccc2)c1. The Morgan fingerprint density at radius 3 is 2.47 bits per heavy atom. The summed E-state index contributed by atoms with van der Waals surface area (Å²) in [5, 5.41) is 8.38. The van der Waals surface area contributed by atoms with Crippen molar-refractivity contribution in [3.8, 4) is 11.5 Å². The Labute approximate surface area is 213 Å². The topological polar surface area (TPSA) is 102 Å². The Hall–Kier alpha value is -4.63. The zero-order chi connectivity index (χ0) is 25.3. The molecule has 4 aromatic rings. The molecule has 0 atom stereocenters. The van der Waals surface area contributed by atoms with Crippen LogP contribution in [0.5, 0.6) is 11.5 Å². The van der Waals surface area contributed by atoms with Crippen molar-refractivity contribution in [1.29, 1.82) is 0 Å². The van der Waals surface area contributed by atoms with E-state index in [0.29, 0.717) is 35.0 Å². The minimum Gasteiger partial charge on any atom is -0.495 e. The molecule has 1 aromatic heterocycles. The van der Waals surface area contributed by atoms with Crippen LogP contribution in [0.4, 0.5) is 11.4 Å². The number of carbonyl (C=O) groups excluding carboxylic acids is 2. The van der Waals surface area contributed by atoms with E-state index in [4.69, 9.17) is 26.1 Å². The summed E-state index contributed by atoms with van der Waals surface area (Å²) in [4.78, 5) is 25.0. The van der Waals surface area contributed by atoms with Crippen LogP contribution in [0.3, 0.4) is 0 Å². The molecule has 4 rings (SSSR count). The first-order valence-corrected chi connectivity index (χ1v) is 11.3. The summed E-state index contributed by atoms with van der Waals surface area (Å²) >= 11 is 5.33. The number of anilines is 2.